The van der Waals surface area contributed by atoms with Gasteiger partial charge in [-0.2, -0.15) is 0 Å². The van der Waals surface area contributed by atoms with Crippen LogP contribution < -0.4 is 0 Å². The highest BCUT2D eigenvalue weighted by Gasteiger charge is 2.21. The maximum absolute atomic E-state index is 12.9. The molecule has 2 rings (SSSR count). The number of benzene rings is 1. The van der Waals surface area contributed by atoms with Gasteiger partial charge in [0.25, 0.3) is 0 Å². The number of ether oxygens (including phenoxy) is 1. The molecule has 2 aromatic rings. The summed E-state index contributed by atoms with van der Waals surface area (Å²) in [6.07, 6.45) is -0.784. The van der Waals surface area contributed by atoms with Gasteiger partial charge >= 0.3 is 5.97 Å². The van der Waals surface area contributed by atoms with Crippen LogP contribution in [0, 0.1) is 12.7 Å². The van der Waals surface area contributed by atoms with Crippen molar-refractivity contribution in [3.05, 3.63) is 40.7 Å². The molecule has 0 aliphatic heterocycles. The van der Waals surface area contributed by atoms with Crippen molar-refractivity contribution in [3.63, 3.8) is 0 Å². The van der Waals surface area contributed by atoms with Crippen LogP contribution in [0.25, 0.3) is 10.6 Å². The van der Waals surface area contributed by atoms with Gasteiger partial charge in [0.05, 0.1) is 5.69 Å². The van der Waals surface area contributed by atoms with E-state index >= 15 is 0 Å². The number of halogens is 1. The smallest absolute Gasteiger partial charge is 0.350 e. The molecule has 0 aliphatic rings. The van der Waals surface area contributed by atoms with Gasteiger partial charge in [0.2, 0.25) is 0 Å². The van der Waals surface area contributed by atoms with E-state index in [0.29, 0.717) is 15.6 Å². The average molecular weight is 307 g/mol. The number of aromatic nitrogens is 1. The van der Waals surface area contributed by atoms with E-state index in [-0.39, 0.29) is 11.6 Å². The lowest BCUT2D eigenvalue weighted by Crippen LogP contribution is -2.21. The predicted molar refractivity (Wildman–Crippen MR) is 77.8 cm³/mol. The molecule has 0 radical (unpaired) electrons. The van der Waals surface area contributed by atoms with Gasteiger partial charge < -0.3 is 4.74 Å². The van der Waals surface area contributed by atoms with Crippen molar-refractivity contribution in [2.75, 3.05) is 0 Å². The molecule has 1 aromatic heterocycles. The summed E-state index contributed by atoms with van der Waals surface area (Å²) in [5.41, 5.74) is 1.25. The molecule has 0 spiro atoms. The van der Waals surface area contributed by atoms with Gasteiger partial charge in [-0.1, -0.05) is 0 Å². The quantitative estimate of drug-likeness (QED) is 0.812. The van der Waals surface area contributed by atoms with Crippen molar-refractivity contribution < 1.29 is 18.7 Å². The van der Waals surface area contributed by atoms with Crippen LogP contribution in [0.15, 0.2) is 24.3 Å². The molecule has 4 nitrogen and oxygen atoms in total. The number of carbonyl (C=O) groups excluding carboxylic acids is 2. The normalized spacial score (nSPS) is 12.0. The van der Waals surface area contributed by atoms with Gasteiger partial charge in [-0.15, -0.1) is 11.3 Å². The summed E-state index contributed by atoms with van der Waals surface area (Å²) >= 11 is 1.16. The van der Waals surface area contributed by atoms with Gasteiger partial charge in [0, 0.05) is 5.56 Å². The van der Waals surface area contributed by atoms with Crippen LogP contribution in [0.5, 0.6) is 0 Å². The molecule has 0 N–H and O–H groups in total. The van der Waals surface area contributed by atoms with E-state index in [1.54, 1.807) is 19.1 Å². The van der Waals surface area contributed by atoms with E-state index < -0.39 is 12.1 Å². The second-order valence-electron chi connectivity index (χ2n) is 4.60. The standard InChI is InChI=1S/C15H14FNO3S/c1-8-13(15(19)20-10(3)9(2)18)21-14(17-8)11-4-6-12(16)7-5-11/h4-7,10H,1-3H3. The van der Waals surface area contributed by atoms with Crippen molar-refractivity contribution in [2.24, 2.45) is 0 Å². The zero-order valence-electron chi connectivity index (χ0n) is 11.8. The molecule has 1 aromatic carbocycles. The van der Waals surface area contributed by atoms with Gasteiger partial charge in [-0.05, 0) is 45.0 Å². The number of hydrogen-bond acceptors (Lipinski definition) is 5. The van der Waals surface area contributed by atoms with Crippen LogP contribution in [-0.4, -0.2) is 22.8 Å². The molecule has 0 bridgehead atoms. The zero-order chi connectivity index (χ0) is 15.6. The number of aryl methyl sites for hydroxylation is 1. The molecule has 1 unspecified atom stereocenters. The summed E-state index contributed by atoms with van der Waals surface area (Å²) in [6, 6.07) is 5.87. The van der Waals surface area contributed by atoms with E-state index in [2.05, 4.69) is 4.98 Å². The highest BCUT2D eigenvalue weighted by atomic mass is 32.1. The largest absolute Gasteiger partial charge is 0.450 e. The third-order valence-corrected chi connectivity index (χ3v) is 4.12. The Hall–Kier alpha value is -2.08. The summed E-state index contributed by atoms with van der Waals surface area (Å²) in [6.45, 7) is 4.58. The first-order chi connectivity index (χ1) is 9.88. The molecule has 0 saturated heterocycles. The lowest BCUT2D eigenvalue weighted by atomic mass is 10.2. The van der Waals surface area contributed by atoms with Crippen molar-refractivity contribution in [2.45, 2.75) is 26.9 Å². The Bertz CT molecular complexity index is 679. The van der Waals surface area contributed by atoms with Crippen molar-refractivity contribution >= 4 is 23.1 Å². The van der Waals surface area contributed by atoms with Crippen LogP contribution in [0.3, 0.4) is 0 Å². The Morgan fingerprint density at radius 1 is 1.29 bits per heavy atom. The van der Waals surface area contributed by atoms with Crippen LogP contribution in [0.4, 0.5) is 4.39 Å². The second-order valence-corrected chi connectivity index (χ2v) is 5.60. The minimum absolute atomic E-state index is 0.218. The summed E-state index contributed by atoms with van der Waals surface area (Å²) < 4.78 is 18.0. The number of ketones is 1. The Balaban J connectivity index is 2.25. The lowest BCUT2D eigenvalue weighted by Gasteiger charge is -2.08. The number of hydrogen-bond donors (Lipinski definition) is 0. The molecule has 0 saturated carbocycles. The fraction of sp³-hybridized carbons (Fsp3) is 0.267. The summed E-state index contributed by atoms with van der Waals surface area (Å²) in [5, 5.41) is 0.606. The first kappa shape index (κ1) is 15.3. The molecule has 0 aliphatic carbocycles. The van der Waals surface area contributed by atoms with E-state index in [1.807, 2.05) is 0 Å². The molecule has 6 heteroatoms. The van der Waals surface area contributed by atoms with Crippen LogP contribution >= 0.6 is 11.3 Å². The Morgan fingerprint density at radius 3 is 2.48 bits per heavy atom. The fourth-order valence-corrected chi connectivity index (χ4v) is 2.55. The number of thiazole rings is 1. The zero-order valence-corrected chi connectivity index (χ0v) is 12.7. The van der Waals surface area contributed by atoms with Crippen molar-refractivity contribution in [1.82, 2.24) is 4.98 Å². The van der Waals surface area contributed by atoms with Crippen LogP contribution in [0.2, 0.25) is 0 Å². The molecule has 1 heterocycles. The number of esters is 1. The molecule has 110 valence electrons. The predicted octanol–water partition coefficient (Wildman–Crippen LogP) is 3.39. The number of Topliss-reactive ketones (excluding diaryl/α,β-unsaturated/α-hetero) is 1. The highest BCUT2D eigenvalue weighted by Crippen LogP contribution is 2.28. The third kappa shape index (κ3) is 3.52. The molecule has 0 fully saturated rings. The SMILES string of the molecule is CC(=O)C(C)OC(=O)c1sc(-c2ccc(F)cc2)nc1C. The summed E-state index contributed by atoms with van der Waals surface area (Å²) in [4.78, 5) is 27.8. The van der Waals surface area contributed by atoms with Crippen LogP contribution in [-0.2, 0) is 9.53 Å². The van der Waals surface area contributed by atoms with E-state index in [9.17, 15) is 14.0 Å². The van der Waals surface area contributed by atoms with E-state index in [0.717, 1.165) is 16.9 Å². The Kier molecular flexibility index (Phi) is 4.47. The maximum atomic E-state index is 12.9. The fourth-order valence-electron chi connectivity index (χ4n) is 1.60. The molecule has 0 amide bonds. The van der Waals surface area contributed by atoms with Gasteiger partial charge in [0.1, 0.15) is 15.7 Å². The average Bonchev–Trinajstić information content (AvgIpc) is 2.81. The summed E-state index contributed by atoms with van der Waals surface area (Å²) in [7, 11) is 0. The first-order valence-electron chi connectivity index (χ1n) is 6.33. The van der Waals surface area contributed by atoms with Gasteiger partial charge in [0.15, 0.2) is 11.9 Å². The molecule has 1 atom stereocenters. The molecule has 21 heavy (non-hydrogen) atoms. The Labute approximate surface area is 125 Å². The van der Waals surface area contributed by atoms with E-state index in [1.165, 1.54) is 26.0 Å². The monoisotopic (exact) mass is 307 g/mol. The highest BCUT2D eigenvalue weighted by molar-refractivity contribution is 7.17. The maximum Gasteiger partial charge on any atom is 0.350 e. The minimum Gasteiger partial charge on any atom is -0.450 e. The Morgan fingerprint density at radius 2 is 1.90 bits per heavy atom. The lowest BCUT2D eigenvalue weighted by molar-refractivity contribution is -0.124. The summed E-state index contributed by atoms with van der Waals surface area (Å²) in [5.74, 6) is -1.12. The van der Waals surface area contributed by atoms with Crippen LogP contribution in [0.1, 0.15) is 29.2 Å². The van der Waals surface area contributed by atoms with Crippen molar-refractivity contribution in [1.29, 1.82) is 0 Å². The molecular weight excluding hydrogens is 293 g/mol. The van der Waals surface area contributed by atoms with Gasteiger partial charge in [-0.25, -0.2) is 14.2 Å². The van der Waals surface area contributed by atoms with E-state index in [4.69, 9.17) is 4.74 Å². The minimum atomic E-state index is -0.784. The second kappa shape index (κ2) is 6.13. The third-order valence-electron chi connectivity index (χ3n) is 2.93. The van der Waals surface area contributed by atoms with Crippen molar-refractivity contribution in [3.8, 4) is 10.6 Å². The molecular formula is C15H14FNO3S. The number of rotatable bonds is 4. The number of carbonyl (C=O) groups is 2. The topological polar surface area (TPSA) is 56.3 Å². The first-order valence-corrected chi connectivity index (χ1v) is 7.15. The van der Waals surface area contributed by atoms with Gasteiger partial charge in [-0.3, -0.25) is 4.79 Å². The number of nitrogens with zero attached hydrogens (tertiary/aromatic N) is 1.